The molecule has 0 radical (unpaired) electrons. The number of benzene rings is 2. The van der Waals surface area contributed by atoms with E-state index in [0.29, 0.717) is 6.54 Å². The minimum Gasteiger partial charge on any atom is -0.350 e. The van der Waals surface area contributed by atoms with Gasteiger partial charge in [0.1, 0.15) is 12.4 Å². The Labute approximate surface area is 160 Å². The molecule has 0 fully saturated rings. The number of aryl methyl sites for hydroxylation is 2. The predicted octanol–water partition coefficient (Wildman–Crippen LogP) is 3.03. The molecule has 0 aliphatic carbocycles. The van der Waals surface area contributed by atoms with Gasteiger partial charge in [0.05, 0.1) is 11.9 Å². The predicted molar refractivity (Wildman–Crippen MR) is 106 cm³/mol. The third-order valence-electron chi connectivity index (χ3n) is 4.32. The second-order valence-electron chi connectivity index (χ2n) is 6.34. The second-order valence-corrected chi connectivity index (χ2v) is 8.24. The molecule has 7 heteroatoms. The van der Waals surface area contributed by atoms with Crippen molar-refractivity contribution >= 4 is 21.6 Å². The van der Waals surface area contributed by atoms with Crippen molar-refractivity contribution < 1.29 is 17.6 Å². The number of hydrogen-bond acceptors (Lipinski definition) is 3. The SMILES string of the molecule is CCc1ccc(CC)c(CNC(=O)CN(c2cccc(F)c2)S(C)(=O)=O)c1. The van der Waals surface area contributed by atoms with Crippen LogP contribution in [0.15, 0.2) is 42.5 Å². The summed E-state index contributed by atoms with van der Waals surface area (Å²) >= 11 is 0. The zero-order valence-corrected chi connectivity index (χ0v) is 16.6. The van der Waals surface area contributed by atoms with E-state index in [-0.39, 0.29) is 5.69 Å². The van der Waals surface area contributed by atoms with Crippen LogP contribution in [0.1, 0.15) is 30.5 Å². The Morgan fingerprint density at radius 3 is 2.41 bits per heavy atom. The first-order valence-corrected chi connectivity index (χ1v) is 10.7. The maximum atomic E-state index is 13.5. The number of nitrogens with one attached hydrogen (secondary N) is 1. The van der Waals surface area contributed by atoms with E-state index < -0.39 is 28.3 Å². The zero-order valence-electron chi connectivity index (χ0n) is 15.8. The Hall–Kier alpha value is -2.41. The van der Waals surface area contributed by atoms with Crippen LogP contribution < -0.4 is 9.62 Å². The van der Waals surface area contributed by atoms with Crippen molar-refractivity contribution in [1.29, 1.82) is 0 Å². The van der Waals surface area contributed by atoms with E-state index in [4.69, 9.17) is 0 Å². The molecule has 1 N–H and O–H groups in total. The summed E-state index contributed by atoms with van der Waals surface area (Å²) in [6.07, 6.45) is 2.73. The highest BCUT2D eigenvalue weighted by Crippen LogP contribution is 2.18. The van der Waals surface area contributed by atoms with E-state index in [1.807, 2.05) is 6.92 Å². The van der Waals surface area contributed by atoms with Gasteiger partial charge in [-0.3, -0.25) is 9.10 Å². The summed E-state index contributed by atoms with van der Waals surface area (Å²) in [6.45, 7) is 4.02. The fraction of sp³-hybridized carbons (Fsp3) is 0.350. The van der Waals surface area contributed by atoms with E-state index in [9.17, 15) is 17.6 Å². The summed E-state index contributed by atoms with van der Waals surface area (Å²) in [5.74, 6) is -1.01. The van der Waals surface area contributed by atoms with Gasteiger partial charge < -0.3 is 5.32 Å². The average molecular weight is 392 g/mol. The second kappa shape index (κ2) is 8.99. The molecule has 0 heterocycles. The minimum absolute atomic E-state index is 0.120. The van der Waals surface area contributed by atoms with Gasteiger partial charge in [0.25, 0.3) is 0 Å². The highest BCUT2D eigenvalue weighted by Gasteiger charge is 2.21. The quantitative estimate of drug-likeness (QED) is 0.751. The van der Waals surface area contributed by atoms with Gasteiger partial charge in [0.2, 0.25) is 15.9 Å². The monoisotopic (exact) mass is 392 g/mol. The molecule has 0 aromatic heterocycles. The fourth-order valence-electron chi connectivity index (χ4n) is 2.82. The number of anilines is 1. The number of sulfonamides is 1. The van der Waals surface area contributed by atoms with Gasteiger partial charge in [-0.1, -0.05) is 38.1 Å². The molecule has 2 rings (SSSR count). The molecule has 5 nitrogen and oxygen atoms in total. The summed E-state index contributed by atoms with van der Waals surface area (Å²) in [7, 11) is -3.73. The van der Waals surface area contributed by atoms with Crippen molar-refractivity contribution in [1.82, 2.24) is 5.32 Å². The molecule has 0 atom stereocenters. The van der Waals surface area contributed by atoms with E-state index in [2.05, 4.69) is 30.4 Å². The minimum atomic E-state index is -3.73. The topological polar surface area (TPSA) is 66.5 Å². The van der Waals surface area contributed by atoms with Crippen molar-refractivity contribution in [3.8, 4) is 0 Å². The van der Waals surface area contributed by atoms with Crippen LogP contribution in [-0.4, -0.2) is 27.1 Å². The lowest BCUT2D eigenvalue weighted by atomic mass is 10.0. The lowest BCUT2D eigenvalue weighted by molar-refractivity contribution is -0.119. The first-order valence-electron chi connectivity index (χ1n) is 8.85. The fourth-order valence-corrected chi connectivity index (χ4v) is 3.67. The number of rotatable bonds is 8. The van der Waals surface area contributed by atoms with Crippen LogP contribution >= 0.6 is 0 Å². The Balaban J connectivity index is 2.13. The number of nitrogens with zero attached hydrogens (tertiary/aromatic N) is 1. The lowest BCUT2D eigenvalue weighted by Crippen LogP contribution is -2.40. The molecule has 1 amide bonds. The highest BCUT2D eigenvalue weighted by atomic mass is 32.2. The van der Waals surface area contributed by atoms with E-state index in [1.165, 1.54) is 23.8 Å². The van der Waals surface area contributed by atoms with Gasteiger partial charge in [-0.15, -0.1) is 0 Å². The van der Waals surface area contributed by atoms with Crippen molar-refractivity contribution in [2.75, 3.05) is 17.1 Å². The van der Waals surface area contributed by atoms with Crippen LogP contribution in [0.4, 0.5) is 10.1 Å². The number of halogens is 1. The molecular weight excluding hydrogens is 367 g/mol. The van der Waals surface area contributed by atoms with Gasteiger partial charge in [-0.25, -0.2) is 12.8 Å². The lowest BCUT2D eigenvalue weighted by Gasteiger charge is -2.22. The summed E-state index contributed by atoms with van der Waals surface area (Å²) in [5.41, 5.74) is 3.45. The van der Waals surface area contributed by atoms with Crippen molar-refractivity contribution in [2.24, 2.45) is 0 Å². The third-order valence-corrected chi connectivity index (χ3v) is 5.46. The molecule has 0 aliphatic rings. The van der Waals surface area contributed by atoms with Crippen LogP contribution in [0.2, 0.25) is 0 Å². The molecule has 27 heavy (non-hydrogen) atoms. The molecular formula is C20H25FN2O3S. The van der Waals surface area contributed by atoms with Crippen LogP contribution in [-0.2, 0) is 34.2 Å². The van der Waals surface area contributed by atoms with Crippen molar-refractivity contribution in [3.63, 3.8) is 0 Å². The Bertz CT molecular complexity index is 913. The van der Waals surface area contributed by atoms with Gasteiger partial charge in [0, 0.05) is 6.54 Å². The first kappa shape index (κ1) is 20.9. The third kappa shape index (κ3) is 5.79. The molecule has 2 aromatic carbocycles. The van der Waals surface area contributed by atoms with Crippen LogP contribution in [0.25, 0.3) is 0 Å². The number of carbonyl (C=O) groups is 1. The average Bonchev–Trinajstić information content (AvgIpc) is 2.63. The number of hydrogen-bond donors (Lipinski definition) is 1. The van der Waals surface area contributed by atoms with Crippen LogP contribution in [0.3, 0.4) is 0 Å². The molecule has 0 bridgehead atoms. The summed E-state index contributed by atoms with van der Waals surface area (Å²) < 4.78 is 38.5. The molecule has 0 saturated heterocycles. The standard InChI is InChI=1S/C20H25FN2O3S/c1-4-15-9-10-16(5-2)17(11-15)13-22-20(24)14-23(27(3,25)26)19-8-6-7-18(21)12-19/h6-12H,4-5,13-14H2,1-3H3,(H,22,24). The zero-order chi connectivity index (χ0) is 20.0. The van der Waals surface area contributed by atoms with E-state index in [1.54, 1.807) is 0 Å². The van der Waals surface area contributed by atoms with Crippen molar-refractivity contribution in [3.05, 3.63) is 65.0 Å². The summed E-state index contributed by atoms with van der Waals surface area (Å²) in [4.78, 5) is 12.4. The van der Waals surface area contributed by atoms with E-state index in [0.717, 1.165) is 40.6 Å². The Kier molecular flexibility index (Phi) is 6.96. The summed E-state index contributed by atoms with van der Waals surface area (Å²) in [6, 6.07) is 11.3. The molecule has 0 saturated carbocycles. The molecule has 0 spiro atoms. The highest BCUT2D eigenvalue weighted by molar-refractivity contribution is 7.92. The van der Waals surface area contributed by atoms with Gasteiger partial charge in [-0.05, 0) is 47.7 Å². The van der Waals surface area contributed by atoms with Gasteiger partial charge in [0.15, 0.2) is 0 Å². The van der Waals surface area contributed by atoms with Crippen LogP contribution in [0, 0.1) is 5.82 Å². The smallest absolute Gasteiger partial charge is 0.241 e. The Morgan fingerprint density at radius 2 is 1.81 bits per heavy atom. The normalized spacial score (nSPS) is 11.3. The largest absolute Gasteiger partial charge is 0.350 e. The maximum Gasteiger partial charge on any atom is 0.241 e. The van der Waals surface area contributed by atoms with Crippen LogP contribution in [0.5, 0.6) is 0 Å². The van der Waals surface area contributed by atoms with Gasteiger partial charge in [-0.2, -0.15) is 0 Å². The number of amides is 1. The molecule has 146 valence electrons. The molecule has 0 aliphatic heterocycles. The molecule has 0 unspecified atom stereocenters. The summed E-state index contributed by atoms with van der Waals surface area (Å²) in [5, 5.41) is 2.77. The number of carbonyl (C=O) groups excluding carboxylic acids is 1. The first-order chi connectivity index (χ1) is 12.7. The van der Waals surface area contributed by atoms with Crippen molar-refractivity contribution in [2.45, 2.75) is 33.2 Å². The van der Waals surface area contributed by atoms with E-state index >= 15 is 0 Å². The van der Waals surface area contributed by atoms with Gasteiger partial charge >= 0.3 is 0 Å². The molecule has 2 aromatic rings. The Morgan fingerprint density at radius 1 is 1.07 bits per heavy atom. The maximum absolute atomic E-state index is 13.5.